The molecular weight excluding hydrogens is 1160 g/mol. The molecule has 7 rings (SSSR count). The van der Waals surface area contributed by atoms with E-state index in [2.05, 4.69) is 20.7 Å². The molecule has 2 aromatic rings. The SMILES string of the molecule is COc1cc2cc(c1Cl)N(C)C(=O)C[C@H](OC(=O)[C@H](C)N(C)C(=O)CCSSC(C)(C)CC(=O)N/N=C1\CCCN(C)c3cc(OCCCC(=O)ON4C(=O)CCC4=O)ccc31)[C@]1(C)O[C@H]1[C@H](C)[C@@H]1C[C@@](O)(NC(=O)O1)[C@H](OC)/C=C/C=C(\C)C2. The minimum absolute atomic E-state index is 0.0186. The topological polar surface area (TPSA) is 274 Å². The molecule has 85 heavy (non-hydrogen) atoms. The number of halogens is 1. The minimum Gasteiger partial charge on any atom is -0.495 e. The monoisotopic (exact) mass is 1240 g/mol. The summed E-state index contributed by atoms with van der Waals surface area (Å²) in [4.78, 5) is 114. The number of carbonyl (C=O) groups is 8. The zero-order valence-electron chi connectivity index (χ0n) is 50.0. The van der Waals surface area contributed by atoms with Crippen LogP contribution in [0.15, 0.2) is 59.2 Å². The van der Waals surface area contributed by atoms with E-state index in [0.717, 1.165) is 35.4 Å². The van der Waals surface area contributed by atoms with Crippen molar-refractivity contribution in [1.82, 2.24) is 20.7 Å². The second-order valence-corrected chi connectivity index (χ2v) is 26.3. The number of epoxide rings is 1. The van der Waals surface area contributed by atoms with Crippen LogP contribution in [0.4, 0.5) is 16.2 Å². The highest BCUT2D eigenvalue weighted by Crippen LogP contribution is 2.49. The van der Waals surface area contributed by atoms with Gasteiger partial charge in [-0.1, -0.05) is 63.9 Å². The van der Waals surface area contributed by atoms with E-state index in [1.54, 1.807) is 51.2 Å². The third-order valence-corrected chi connectivity index (χ3v) is 19.4. The minimum atomic E-state index is -1.88. The Hall–Kier alpha value is -6.38. The number of nitrogens with one attached hydrogen (secondary N) is 2. The van der Waals surface area contributed by atoms with Crippen LogP contribution in [0.5, 0.6) is 11.5 Å². The second kappa shape index (κ2) is 28.4. The molecule has 5 aliphatic rings. The maximum atomic E-state index is 14.4. The van der Waals surface area contributed by atoms with Crippen molar-refractivity contribution in [2.24, 2.45) is 11.0 Å². The van der Waals surface area contributed by atoms with Crippen molar-refractivity contribution in [2.75, 3.05) is 64.1 Å². The van der Waals surface area contributed by atoms with E-state index in [4.69, 9.17) is 44.9 Å². The Morgan fingerprint density at radius 2 is 1.76 bits per heavy atom. The van der Waals surface area contributed by atoms with Gasteiger partial charge >= 0.3 is 18.0 Å². The number of amides is 6. The summed E-state index contributed by atoms with van der Waals surface area (Å²) in [6, 6.07) is 8.00. The predicted molar refractivity (Wildman–Crippen MR) is 320 cm³/mol. The number of nitrogens with zero attached hydrogens (tertiary/aromatic N) is 5. The van der Waals surface area contributed by atoms with Crippen LogP contribution in [0.2, 0.25) is 5.02 Å². The standard InChI is InChI=1S/C59H78ClN7O16S2/c1-34-15-12-17-45(78-11)59(76)32-44(80-56(75)61-59)35(2)54-58(6,82-54)46(31-51(72)66(9)42-28-37(27-34)29-43(77-10)53(42)60)81-55(74)36(3)65(8)48(69)23-26-84-85-57(4,5)33-47(68)63-62-40-16-13-24-64(7)41-30-38(19-20-39(40)41)79-25-14-18-52(73)83-67-49(70)21-22-50(67)71/h12,15,17,19-20,28-30,35-36,44-46,54,76H,13-14,16,18,21-27,31-33H2,1-11H3,(H,61,75)(H,63,68)/b17-12+,34-15+,62-40+/t35-,36+,44+,45-,46+,54+,58+,59+/m1/s1. The number of anilines is 2. The summed E-state index contributed by atoms with van der Waals surface area (Å²) in [6.45, 7) is 11.7. The van der Waals surface area contributed by atoms with E-state index >= 15 is 0 Å². The van der Waals surface area contributed by atoms with Gasteiger partial charge in [0.2, 0.25) is 17.7 Å². The molecular formula is C59H78ClN7O16S2. The zero-order chi connectivity index (χ0) is 62.1. The predicted octanol–water partition coefficient (Wildman–Crippen LogP) is 6.97. The van der Waals surface area contributed by atoms with Gasteiger partial charge in [0.05, 0.1) is 44.1 Å². The van der Waals surface area contributed by atoms with Gasteiger partial charge in [-0.25, -0.2) is 19.8 Å². The summed E-state index contributed by atoms with van der Waals surface area (Å²) in [7, 11) is 10.8. The average molecular weight is 1240 g/mol. The normalized spacial score (nSPS) is 26.4. The first kappa shape index (κ1) is 66.2. The highest BCUT2D eigenvalue weighted by Gasteiger charge is 2.64. The summed E-state index contributed by atoms with van der Waals surface area (Å²) in [5, 5.41) is 19.7. The number of ether oxygens (including phenoxy) is 6. The molecule has 5 aliphatic heterocycles. The number of hydrazone groups is 1. The summed E-state index contributed by atoms with van der Waals surface area (Å²) < 4.78 is 34.9. The van der Waals surface area contributed by atoms with E-state index in [9.17, 15) is 43.5 Å². The molecule has 5 heterocycles. The largest absolute Gasteiger partial charge is 0.495 e. The number of carbonyl (C=O) groups excluding carboxylic acids is 8. The number of imide groups is 1. The molecule has 0 saturated carbocycles. The van der Waals surface area contributed by atoms with Gasteiger partial charge < -0.3 is 53.1 Å². The number of methoxy groups -OCH3 is 2. The molecule has 8 atom stereocenters. The number of fused-ring (bicyclic) bond motifs is 6. The van der Waals surface area contributed by atoms with Crippen molar-refractivity contribution < 1.29 is 76.7 Å². The van der Waals surface area contributed by atoms with Crippen LogP contribution in [0, 0.1) is 5.92 Å². The summed E-state index contributed by atoms with van der Waals surface area (Å²) in [5.74, 6) is -3.02. The quantitative estimate of drug-likeness (QED) is 0.0320. The Labute approximate surface area is 508 Å². The number of alkyl carbamates (subject to hydrolysis) is 1. The molecule has 6 amide bonds. The molecule has 3 N–H and O–H groups in total. The van der Waals surface area contributed by atoms with Crippen LogP contribution in [0.3, 0.4) is 0 Å². The third-order valence-electron chi connectivity index (χ3n) is 15.7. The summed E-state index contributed by atoms with van der Waals surface area (Å²) in [6.07, 6.45) is 2.30. The number of allylic oxidation sites excluding steroid dienone is 3. The van der Waals surface area contributed by atoms with Gasteiger partial charge in [-0.15, -0.1) is 5.06 Å². The number of aliphatic hydroxyl groups is 1. The van der Waals surface area contributed by atoms with E-state index in [1.807, 2.05) is 46.0 Å². The van der Waals surface area contributed by atoms with E-state index in [-0.39, 0.29) is 68.4 Å². The first-order valence-corrected chi connectivity index (χ1v) is 30.9. The lowest BCUT2D eigenvalue weighted by atomic mass is 9.83. The van der Waals surface area contributed by atoms with Crippen molar-refractivity contribution >= 4 is 97.8 Å². The molecule has 26 heteroatoms. The number of hydrogen-bond donors (Lipinski definition) is 3. The molecule has 0 radical (unpaired) electrons. The van der Waals surface area contributed by atoms with E-state index in [1.165, 1.54) is 59.6 Å². The molecule has 2 aromatic carbocycles. The van der Waals surface area contributed by atoms with Crippen molar-refractivity contribution in [3.8, 4) is 11.5 Å². The van der Waals surface area contributed by atoms with Crippen LogP contribution < -0.4 is 30.0 Å². The van der Waals surface area contributed by atoms with Crippen LogP contribution in [-0.2, 0) is 63.8 Å². The van der Waals surface area contributed by atoms with Gasteiger partial charge in [-0.3, -0.25) is 29.3 Å². The zero-order valence-corrected chi connectivity index (χ0v) is 52.4. The number of hydrogen-bond acceptors (Lipinski definition) is 20. The van der Waals surface area contributed by atoms with Gasteiger partial charge in [0, 0.05) is 101 Å². The highest BCUT2D eigenvalue weighted by molar-refractivity contribution is 8.77. The lowest BCUT2D eigenvalue weighted by Gasteiger charge is -2.42. The lowest BCUT2D eigenvalue weighted by molar-refractivity contribution is -0.197. The van der Waals surface area contributed by atoms with Gasteiger partial charge in [0.1, 0.15) is 46.5 Å². The maximum absolute atomic E-state index is 14.4. The number of likely N-dealkylation sites (N-methyl/N-ethyl adjacent to an activating group) is 1. The van der Waals surface area contributed by atoms with Crippen LogP contribution in [-0.4, -0.2) is 169 Å². The smallest absolute Gasteiger partial charge is 0.409 e. The van der Waals surface area contributed by atoms with Gasteiger partial charge in [0.15, 0.2) is 5.72 Å². The van der Waals surface area contributed by atoms with Gasteiger partial charge in [0.25, 0.3) is 11.8 Å². The fourth-order valence-corrected chi connectivity index (χ4v) is 13.3. The molecule has 23 nitrogen and oxygen atoms in total. The van der Waals surface area contributed by atoms with Crippen molar-refractivity contribution in [3.05, 3.63) is 70.3 Å². The molecule has 0 unspecified atom stereocenters. The fraction of sp³-hybridized carbons (Fsp3) is 0.576. The summed E-state index contributed by atoms with van der Waals surface area (Å²) >= 11 is 6.85. The number of benzene rings is 2. The number of rotatable bonds is 19. The van der Waals surface area contributed by atoms with Crippen LogP contribution >= 0.6 is 33.2 Å². The van der Waals surface area contributed by atoms with Gasteiger partial charge in [-0.05, 0) is 90.1 Å². The molecule has 464 valence electrons. The average Bonchev–Trinajstić information content (AvgIpc) is 1.69. The Morgan fingerprint density at radius 1 is 1.04 bits per heavy atom. The first-order valence-electron chi connectivity index (χ1n) is 28.2. The number of esters is 1. The fourth-order valence-electron chi connectivity index (χ4n) is 10.5. The molecule has 0 spiro atoms. The molecule has 0 aliphatic carbocycles. The van der Waals surface area contributed by atoms with Crippen LogP contribution in [0.25, 0.3) is 0 Å². The van der Waals surface area contributed by atoms with Crippen molar-refractivity contribution in [1.29, 1.82) is 0 Å². The van der Waals surface area contributed by atoms with Crippen LogP contribution in [0.1, 0.15) is 117 Å². The van der Waals surface area contributed by atoms with Gasteiger partial charge in [-0.2, -0.15) is 5.10 Å². The first-order chi connectivity index (χ1) is 40.2. The molecule has 3 saturated heterocycles. The number of hydroxylamine groups is 2. The Kier molecular flexibility index (Phi) is 22.1. The van der Waals surface area contributed by atoms with Crippen molar-refractivity contribution in [2.45, 2.75) is 159 Å². The highest BCUT2D eigenvalue weighted by atomic mass is 35.5. The Morgan fingerprint density at radius 3 is 2.47 bits per heavy atom. The second-order valence-electron chi connectivity index (χ2n) is 22.8. The van der Waals surface area contributed by atoms with E-state index in [0.29, 0.717) is 53.0 Å². The molecule has 3 fully saturated rings. The van der Waals surface area contributed by atoms with Crippen molar-refractivity contribution in [3.63, 3.8) is 0 Å². The Balaban J connectivity index is 0.937. The van der Waals surface area contributed by atoms with E-state index < -0.39 is 88.2 Å². The molecule has 0 aromatic heterocycles. The lowest BCUT2D eigenvalue weighted by Crippen LogP contribution is -2.63. The third kappa shape index (κ3) is 16.6. The summed E-state index contributed by atoms with van der Waals surface area (Å²) in [5.41, 5.74) is 3.98. The Bertz CT molecular complexity index is 2960. The molecule has 4 bridgehead atoms. The maximum Gasteiger partial charge on any atom is 0.409 e.